The summed E-state index contributed by atoms with van der Waals surface area (Å²) in [6.45, 7) is 0.759. The molecule has 1 atom stereocenters. The average Bonchev–Trinajstić information content (AvgIpc) is 2.06. The predicted molar refractivity (Wildman–Crippen MR) is 48.1 cm³/mol. The highest BCUT2D eigenvalue weighted by Gasteiger charge is 2.21. The van der Waals surface area contributed by atoms with Gasteiger partial charge in [0.2, 0.25) is 0 Å². The number of aliphatic imine (C=N–C) groups is 1. The van der Waals surface area contributed by atoms with Crippen molar-refractivity contribution in [3.63, 3.8) is 0 Å². The van der Waals surface area contributed by atoms with E-state index >= 15 is 0 Å². The number of hydrogen-bond donors (Lipinski definition) is 0. The molecule has 2 aliphatic rings. The summed E-state index contributed by atoms with van der Waals surface area (Å²) in [6.07, 6.45) is 8.54. The number of dihydropyridines is 1. The van der Waals surface area contributed by atoms with E-state index in [0.717, 1.165) is 24.4 Å². The Kier molecular flexibility index (Phi) is 1.82. The smallest absolute Gasteiger partial charge is 0.0588 e. The van der Waals surface area contributed by atoms with Gasteiger partial charge in [-0.25, -0.2) is 0 Å². The van der Waals surface area contributed by atoms with Crippen LogP contribution >= 0.6 is 11.6 Å². The van der Waals surface area contributed by atoms with Crippen LogP contribution in [0.1, 0.15) is 12.8 Å². The van der Waals surface area contributed by atoms with E-state index in [2.05, 4.69) is 17.1 Å². The van der Waals surface area contributed by atoms with Gasteiger partial charge >= 0.3 is 0 Å². The molecule has 0 radical (unpaired) electrons. The molecular weight excluding hydrogens is 158 g/mol. The summed E-state index contributed by atoms with van der Waals surface area (Å²) in [5.41, 5.74) is 1.17. The van der Waals surface area contributed by atoms with E-state index in [-0.39, 0.29) is 0 Å². The molecule has 11 heavy (non-hydrogen) atoms. The van der Waals surface area contributed by atoms with Gasteiger partial charge in [-0.3, -0.25) is 4.99 Å². The van der Waals surface area contributed by atoms with Gasteiger partial charge in [0.15, 0.2) is 0 Å². The molecule has 0 spiro atoms. The number of allylic oxidation sites excluding steroid dienone is 3. The van der Waals surface area contributed by atoms with Gasteiger partial charge in [0.25, 0.3) is 0 Å². The third kappa shape index (κ3) is 1.25. The quantitative estimate of drug-likeness (QED) is 0.526. The Morgan fingerprint density at radius 2 is 2.45 bits per heavy atom. The molecule has 1 aliphatic heterocycles. The molecule has 0 bridgehead atoms. The molecule has 58 valence electrons. The molecule has 0 aromatic heterocycles. The van der Waals surface area contributed by atoms with Crippen LogP contribution in [0, 0.1) is 5.92 Å². The molecule has 1 nitrogen and oxygen atoms in total. The van der Waals surface area contributed by atoms with Crippen LogP contribution in [0.5, 0.6) is 0 Å². The summed E-state index contributed by atoms with van der Waals surface area (Å²) in [5.74, 6) is 0.412. The second-order valence-electron chi connectivity index (χ2n) is 2.89. The lowest BCUT2D eigenvalue weighted by molar-refractivity contribution is 0.721. The Balaban J connectivity index is 2.29. The van der Waals surface area contributed by atoms with Gasteiger partial charge in [-0.15, -0.1) is 0 Å². The highest BCUT2D eigenvalue weighted by molar-refractivity contribution is 6.32. The van der Waals surface area contributed by atoms with E-state index in [0.29, 0.717) is 5.92 Å². The molecule has 1 unspecified atom stereocenters. The summed E-state index contributed by atoms with van der Waals surface area (Å²) in [7, 11) is 0. The largest absolute Gasteiger partial charge is 0.285 e. The fraction of sp³-hybridized carbons (Fsp3) is 0.444. The normalized spacial score (nSPS) is 29.0. The maximum Gasteiger partial charge on any atom is 0.0588 e. The van der Waals surface area contributed by atoms with Crippen molar-refractivity contribution in [2.75, 3.05) is 6.54 Å². The van der Waals surface area contributed by atoms with Gasteiger partial charge in [-0.2, -0.15) is 0 Å². The Morgan fingerprint density at radius 3 is 3.27 bits per heavy atom. The van der Waals surface area contributed by atoms with E-state index in [4.69, 9.17) is 11.6 Å². The summed E-state index contributed by atoms with van der Waals surface area (Å²) < 4.78 is 0. The summed E-state index contributed by atoms with van der Waals surface area (Å²) in [6, 6.07) is 0. The van der Waals surface area contributed by atoms with Crippen LogP contribution in [0.4, 0.5) is 0 Å². The number of hydrogen-bond acceptors (Lipinski definition) is 1. The molecule has 0 fully saturated rings. The lowest BCUT2D eigenvalue weighted by Crippen LogP contribution is -2.19. The first-order valence-corrected chi connectivity index (χ1v) is 4.32. The van der Waals surface area contributed by atoms with Crippen LogP contribution < -0.4 is 0 Å². The Morgan fingerprint density at radius 1 is 1.55 bits per heavy atom. The molecule has 0 aromatic rings. The van der Waals surface area contributed by atoms with Gasteiger partial charge in [0.1, 0.15) is 0 Å². The topological polar surface area (TPSA) is 12.4 Å². The van der Waals surface area contributed by atoms with Crippen LogP contribution in [0.3, 0.4) is 0 Å². The molecule has 0 amide bonds. The van der Waals surface area contributed by atoms with Crippen molar-refractivity contribution >= 4 is 17.3 Å². The van der Waals surface area contributed by atoms with Crippen LogP contribution in [0.15, 0.2) is 28.3 Å². The van der Waals surface area contributed by atoms with Crippen molar-refractivity contribution in [2.45, 2.75) is 12.8 Å². The van der Waals surface area contributed by atoms with Crippen LogP contribution in [-0.2, 0) is 0 Å². The van der Waals surface area contributed by atoms with Gasteiger partial charge in [-0.05, 0) is 25.0 Å². The van der Waals surface area contributed by atoms with Crippen molar-refractivity contribution in [1.82, 2.24) is 0 Å². The maximum absolute atomic E-state index is 6.04. The summed E-state index contributed by atoms with van der Waals surface area (Å²) in [5, 5.41) is 0.986. The fourth-order valence-electron chi connectivity index (χ4n) is 1.55. The van der Waals surface area contributed by atoms with Crippen LogP contribution in [0.2, 0.25) is 0 Å². The molecule has 2 heteroatoms. The Bertz CT molecular complexity index is 250. The van der Waals surface area contributed by atoms with E-state index in [1.54, 1.807) is 0 Å². The van der Waals surface area contributed by atoms with E-state index in [9.17, 15) is 0 Å². The first-order valence-electron chi connectivity index (χ1n) is 3.94. The number of fused-ring (bicyclic) bond motifs is 1. The fourth-order valence-corrected chi connectivity index (χ4v) is 1.84. The zero-order valence-electron chi connectivity index (χ0n) is 6.26. The van der Waals surface area contributed by atoms with Gasteiger partial charge in [0, 0.05) is 16.7 Å². The molecular formula is C9H10ClN. The third-order valence-corrected chi connectivity index (χ3v) is 2.58. The molecule has 0 saturated heterocycles. The van der Waals surface area contributed by atoms with Crippen LogP contribution in [-0.4, -0.2) is 12.3 Å². The summed E-state index contributed by atoms with van der Waals surface area (Å²) in [4.78, 5) is 4.37. The lowest BCUT2D eigenvalue weighted by atomic mass is 9.90. The first kappa shape index (κ1) is 7.11. The third-order valence-electron chi connectivity index (χ3n) is 2.16. The number of halogens is 1. The first-order chi connectivity index (χ1) is 5.38. The Labute approximate surface area is 71.5 Å². The molecule has 1 heterocycles. The second kappa shape index (κ2) is 2.82. The molecule has 0 saturated carbocycles. The SMILES string of the molecule is ClC1=CCN=C2C=CCCC12. The highest BCUT2D eigenvalue weighted by Crippen LogP contribution is 2.28. The summed E-state index contributed by atoms with van der Waals surface area (Å²) >= 11 is 6.04. The van der Waals surface area contributed by atoms with Crippen molar-refractivity contribution in [3.05, 3.63) is 23.3 Å². The van der Waals surface area contributed by atoms with Crippen molar-refractivity contribution in [1.29, 1.82) is 0 Å². The molecule has 0 aromatic carbocycles. The molecule has 2 rings (SSSR count). The number of nitrogens with zero attached hydrogens (tertiary/aromatic N) is 1. The zero-order chi connectivity index (χ0) is 7.68. The molecule has 1 aliphatic carbocycles. The number of rotatable bonds is 0. The standard InChI is InChI=1S/C9H10ClN/c10-8-5-6-11-9-4-2-1-3-7(8)9/h2,4-5,7H,1,3,6H2. The van der Waals surface area contributed by atoms with Gasteiger partial charge < -0.3 is 0 Å². The lowest BCUT2D eigenvalue weighted by Gasteiger charge is -2.22. The average molecular weight is 168 g/mol. The van der Waals surface area contributed by atoms with Gasteiger partial charge in [-0.1, -0.05) is 17.7 Å². The van der Waals surface area contributed by atoms with E-state index < -0.39 is 0 Å². The monoisotopic (exact) mass is 167 g/mol. The van der Waals surface area contributed by atoms with Crippen LogP contribution in [0.25, 0.3) is 0 Å². The maximum atomic E-state index is 6.04. The van der Waals surface area contributed by atoms with E-state index in [1.165, 1.54) is 5.71 Å². The van der Waals surface area contributed by atoms with Crippen molar-refractivity contribution < 1.29 is 0 Å². The Hall–Kier alpha value is -0.560. The predicted octanol–water partition coefficient (Wildman–Crippen LogP) is 2.53. The van der Waals surface area contributed by atoms with Crippen molar-refractivity contribution in [2.24, 2.45) is 10.9 Å². The highest BCUT2D eigenvalue weighted by atomic mass is 35.5. The van der Waals surface area contributed by atoms with E-state index in [1.807, 2.05) is 6.08 Å². The second-order valence-corrected chi connectivity index (χ2v) is 3.32. The minimum absolute atomic E-state index is 0.412. The zero-order valence-corrected chi connectivity index (χ0v) is 7.01. The minimum Gasteiger partial charge on any atom is -0.285 e. The van der Waals surface area contributed by atoms with Gasteiger partial charge in [0.05, 0.1) is 6.54 Å². The van der Waals surface area contributed by atoms with Crippen molar-refractivity contribution in [3.8, 4) is 0 Å². The minimum atomic E-state index is 0.412. The molecule has 0 N–H and O–H groups in total.